The fourth-order valence-electron chi connectivity index (χ4n) is 2.61. The molecule has 1 aromatic rings. The molecule has 0 spiro atoms. The second kappa shape index (κ2) is 5.31. The van der Waals surface area contributed by atoms with Gasteiger partial charge in [0.25, 0.3) is 0 Å². The number of carbonyl (C=O) groups is 1. The maximum Gasteiger partial charge on any atom is 0.313 e. The summed E-state index contributed by atoms with van der Waals surface area (Å²) in [6.07, 6.45) is 0. The Morgan fingerprint density at radius 1 is 1.17 bits per heavy atom. The van der Waals surface area contributed by atoms with Gasteiger partial charge in [0.2, 0.25) is 0 Å². The van der Waals surface area contributed by atoms with Gasteiger partial charge in [0.05, 0.1) is 0 Å². The monoisotopic (exact) mass is 267 g/mol. The first kappa shape index (κ1) is 15.0. The highest BCUT2D eigenvalue weighted by atomic mass is 35.5. The van der Waals surface area contributed by atoms with Gasteiger partial charge < -0.3 is 5.32 Å². The van der Waals surface area contributed by atoms with Gasteiger partial charge in [-0.3, -0.25) is 4.79 Å². The Labute approximate surface area is 115 Å². The van der Waals surface area contributed by atoms with E-state index < -0.39 is 5.37 Å². The van der Waals surface area contributed by atoms with Gasteiger partial charge in [0.15, 0.2) is 0 Å². The van der Waals surface area contributed by atoms with Crippen LogP contribution in [-0.2, 0) is 5.41 Å². The molecule has 0 saturated carbocycles. The van der Waals surface area contributed by atoms with Crippen molar-refractivity contribution in [2.75, 3.05) is 6.54 Å². The van der Waals surface area contributed by atoms with Crippen LogP contribution in [0.25, 0.3) is 0 Å². The number of rotatable bonds is 3. The predicted octanol–water partition coefficient (Wildman–Crippen LogP) is 4.15. The van der Waals surface area contributed by atoms with E-state index in [-0.39, 0.29) is 5.41 Å². The summed E-state index contributed by atoms with van der Waals surface area (Å²) in [5, 5.41) is 2.21. The normalized spacial score (nSPS) is 11.5. The lowest BCUT2D eigenvalue weighted by molar-refractivity contribution is 0.257. The second-order valence-corrected chi connectivity index (χ2v) is 5.99. The number of nitrogens with one attached hydrogen (secondary N) is 1. The molecule has 3 heteroatoms. The van der Waals surface area contributed by atoms with Gasteiger partial charge in [-0.2, -0.15) is 0 Å². The molecule has 0 unspecified atom stereocenters. The maximum atomic E-state index is 10.9. The Bertz CT molecular complexity index is 452. The molecule has 0 aliphatic rings. The Balaban J connectivity index is 3.26. The van der Waals surface area contributed by atoms with Crippen LogP contribution in [0.3, 0.4) is 0 Å². The minimum atomic E-state index is -0.497. The number of halogens is 1. The van der Waals surface area contributed by atoms with Crippen molar-refractivity contribution in [2.45, 2.75) is 47.0 Å². The minimum Gasteiger partial charge on any atom is -0.342 e. The smallest absolute Gasteiger partial charge is 0.313 e. The van der Waals surface area contributed by atoms with Crippen LogP contribution in [0.2, 0.25) is 0 Å². The number of amides is 1. The van der Waals surface area contributed by atoms with Crippen molar-refractivity contribution < 1.29 is 4.79 Å². The Hall–Kier alpha value is -1.02. The van der Waals surface area contributed by atoms with Crippen LogP contribution >= 0.6 is 11.6 Å². The van der Waals surface area contributed by atoms with Crippen LogP contribution in [0, 0.1) is 27.7 Å². The second-order valence-electron chi connectivity index (χ2n) is 5.65. The summed E-state index contributed by atoms with van der Waals surface area (Å²) in [5.74, 6) is 0. The van der Waals surface area contributed by atoms with E-state index in [1.54, 1.807) is 0 Å². The number of hydrogen-bond donors (Lipinski definition) is 1. The lowest BCUT2D eigenvalue weighted by atomic mass is 9.77. The molecule has 0 heterocycles. The highest BCUT2D eigenvalue weighted by Gasteiger charge is 2.26. The lowest BCUT2D eigenvalue weighted by Crippen LogP contribution is -2.35. The van der Waals surface area contributed by atoms with E-state index in [0.717, 1.165) is 0 Å². The standard InChI is InChI=1S/C15H22ClNO/c1-9-7-10(2)12(4)13(11(9)3)15(5,6)8-17-14(16)18/h7H,8H2,1-6H3,(H,17,18). The summed E-state index contributed by atoms with van der Waals surface area (Å²) in [5.41, 5.74) is 6.36. The van der Waals surface area contributed by atoms with Crippen LogP contribution in [0.15, 0.2) is 6.07 Å². The zero-order valence-corrected chi connectivity index (χ0v) is 12.8. The van der Waals surface area contributed by atoms with Gasteiger partial charge in [0.1, 0.15) is 0 Å². The first-order chi connectivity index (χ1) is 8.16. The molecule has 1 amide bonds. The quantitative estimate of drug-likeness (QED) is 0.647. The summed E-state index contributed by atoms with van der Waals surface area (Å²) in [6, 6.07) is 2.21. The summed E-state index contributed by atoms with van der Waals surface area (Å²) in [7, 11) is 0. The van der Waals surface area contributed by atoms with Gasteiger partial charge in [-0.25, -0.2) is 0 Å². The van der Waals surface area contributed by atoms with Crippen LogP contribution in [0.5, 0.6) is 0 Å². The summed E-state index contributed by atoms with van der Waals surface area (Å²) in [4.78, 5) is 10.9. The van der Waals surface area contributed by atoms with Crippen molar-refractivity contribution in [2.24, 2.45) is 0 Å². The van der Waals surface area contributed by atoms with Crippen molar-refractivity contribution in [3.63, 3.8) is 0 Å². The third-order valence-electron chi connectivity index (χ3n) is 3.71. The van der Waals surface area contributed by atoms with Crippen molar-refractivity contribution in [1.29, 1.82) is 0 Å². The molecule has 1 rings (SSSR count). The number of aryl methyl sites for hydroxylation is 2. The van der Waals surface area contributed by atoms with E-state index in [0.29, 0.717) is 6.54 Å². The third kappa shape index (κ3) is 3.05. The molecule has 0 aromatic heterocycles. The molecule has 1 N–H and O–H groups in total. The molecular formula is C15H22ClNO. The van der Waals surface area contributed by atoms with E-state index in [1.165, 1.54) is 27.8 Å². The van der Waals surface area contributed by atoms with E-state index in [9.17, 15) is 4.79 Å². The van der Waals surface area contributed by atoms with E-state index in [1.807, 2.05) is 0 Å². The van der Waals surface area contributed by atoms with E-state index in [2.05, 4.69) is 52.9 Å². The zero-order valence-electron chi connectivity index (χ0n) is 12.1. The van der Waals surface area contributed by atoms with Gasteiger partial charge in [-0.05, 0) is 67.1 Å². The molecule has 0 bridgehead atoms. The van der Waals surface area contributed by atoms with Gasteiger partial charge >= 0.3 is 5.37 Å². The molecule has 18 heavy (non-hydrogen) atoms. The van der Waals surface area contributed by atoms with Crippen LogP contribution in [-0.4, -0.2) is 11.9 Å². The summed E-state index contributed by atoms with van der Waals surface area (Å²) < 4.78 is 0. The number of carbonyl (C=O) groups excluding carboxylic acids is 1. The zero-order chi connectivity index (χ0) is 14.1. The molecule has 0 fully saturated rings. The van der Waals surface area contributed by atoms with E-state index >= 15 is 0 Å². The largest absolute Gasteiger partial charge is 0.342 e. The average Bonchev–Trinajstić information content (AvgIpc) is 2.24. The van der Waals surface area contributed by atoms with E-state index in [4.69, 9.17) is 11.6 Å². The lowest BCUT2D eigenvalue weighted by Gasteiger charge is -2.30. The third-order valence-corrected chi connectivity index (χ3v) is 3.85. The predicted molar refractivity (Wildman–Crippen MR) is 77.7 cm³/mol. The van der Waals surface area contributed by atoms with Crippen molar-refractivity contribution in [3.05, 3.63) is 33.9 Å². The first-order valence-electron chi connectivity index (χ1n) is 6.18. The van der Waals surface area contributed by atoms with Crippen molar-refractivity contribution in [3.8, 4) is 0 Å². The number of hydrogen-bond acceptors (Lipinski definition) is 1. The highest BCUT2D eigenvalue weighted by Crippen LogP contribution is 2.32. The molecular weight excluding hydrogens is 246 g/mol. The minimum absolute atomic E-state index is 0.129. The van der Waals surface area contributed by atoms with Crippen LogP contribution in [0.4, 0.5) is 4.79 Å². The Morgan fingerprint density at radius 3 is 2.00 bits per heavy atom. The van der Waals surface area contributed by atoms with Crippen LogP contribution < -0.4 is 5.32 Å². The van der Waals surface area contributed by atoms with Crippen LogP contribution in [0.1, 0.15) is 41.7 Å². The molecule has 0 aliphatic heterocycles. The van der Waals surface area contributed by atoms with Crippen molar-refractivity contribution >= 4 is 17.0 Å². The Kier molecular flexibility index (Phi) is 4.44. The van der Waals surface area contributed by atoms with Gasteiger partial charge in [-0.15, -0.1) is 0 Å². The van der Waals surface area contributed by atoms with Crippen molar-refractivity contribution in [1.82, 2.24) is 5.32 Å². The number of benzene rings is 1. The SMILES string of the molecule is Cc1cc(C)c(C)c(C(C)(C)CNC(=O)Cl)c1C. The molecule has 0 aliphatic carbocycles. The summed E-state index contributed by atoms with van der Waals surface area (Å²) >= 11 is 5.36. The molecule has 1 aromatic carbocycles. The van der Waals surface area contributed by atoms with Gasteiger partial charge in [0, 0.05) is 12.0 Å². The van der Waals surface area contributed by atoms with Gasteiger partial charge in [-0.1, -0.05) is 19.9 Å². The molecule has 2 nitrogen and oxygen atoms in total. The summed E-state index contributed by atoms with van der Waals surface area (Å²) in [6.45, 7) is 13.3. The Morgan fingerprint density at radius 2 is 1.61 bits per heavy atom. The fourth-order valence-corrected chi connectivity index (χ4v) is 2.68. The average molecular weight is 268 g/mol. The topological polar surface area (TPSA) is 29.1 Å². The fraction of sp³-hybridized carbons (Fsp3) is 0.533. The first-order valence-corrected chi connectivity index (χ1v) is 6.56. The molecule has 0 atom stereocenters. The molecule has 100 valence electrons. The molecule has 0 radical (unpaired) electrons. The maximum absolute atomic E-state index is 10.9. The highest BCUT2D eigenvalue weighted by molar-refractivity contribution is 6.62. The molecule has 0 saturated heterocycles.